The molecule has 0 saturated carbocycles. The minimum Gasteiger partial charge on any atom is -0.0955 e. The molecule has 3 nitrogen and oxygen atoms in total. The summed E-state index contributed by atoms with van der Waals surface area (Å²) >= 11 is 0. The van der Waals surface area contributed by atoms with Crippen LogP contribution in [-0.2, 0) is 6.42 Å². The number of rotatable bonds is 2. The van der Waals surface area contributed by atoms with E-state index >= 15 is 0 Å². The van der Waals surface area contributed by atoms with Gasteiger partial charge in [0.15, 0.2) is 0 Å². The number of hydrogen-bond donors (Lipinski definition) is 0. The van der Waals surface area contributed by atoms with Gasteiger partial charge in [-0.15, -0.1) is 0 Å². The van der Waals surface area contributed by atoms with Crippen molar-refractivity contribution in [2.24, 2.45) is 5.11 Å². The highest BCUT2D eigenvalue weighted by atomic mass is 15.1. The number of benzene rings is 3. The lowest BCUT2D eigenvalue weighted by Crippen LogP contribution is -1.76. The molecule has 0 aliphatic heterocycles. The third kappa shape index (κ3) is 7.07. The third-order valence-corrected chi connectivity index (χ3v) is 3.87. The average molecular weight is 353 g/mol. The molecule has 0 amide bonds. The summed E-state index contributed by atoms with van der Waals surface area (Å²) in [6.07, 6.45) is 5.50. The van der Waals surface area contributed by atoms with Crippen molar-refractivity contribution >= 4 is 17.3 Å². The van der Waals surface area contributed by atoms with Gasteiger partial charge in [0.25, 0.3) is 0 Å². The van der Waals surface area contributed by atoms with Crippen LogP contribution in [-0.4, -0.2) is 0 Å². The molecule has 0 bridgehead atoms. The van der Waals surface area contributed by atoms with Gasteiger partial charge in [0.2, 0.25) is 0 Å². The minimum absolute atomic E-state index is 0.653. The van der Waals surface area contributed by atoms with Crippen molar-refractivity contribution in [2.75, 3.05) is 0 Å². The summed E-state index contributed by atoms with van der Waals surface area (Å²) in [5.74, 6) is 0. The number of azide groups is 1. The van der Waals surface area contributed by atoms with Crippen LogP contribution in [0.3, 0.4) is 0 Å². The first-order valence-corrected chi connectivity index (χ1v) is 8.76. The van der Waals surface area contributed by atoms with E-state index in [2.05, 4.69) is 65.2 Å². The summed E-state index contributed by atoms with van der Waals surface area (Å²) < 4.78 is 0. The lowest BCUT2D eigenvalue weighted by Gasteiger charge is -1.94. The van der Waals surface area contributed by atoms with Crippen LogP contribution in [0.2, 0.25) is 0 Å². The Morgan fingerprint density at radius 1 is 0.889 bits per heavy atom. The van der Waals surface area contributed by atoms with E-state index in [-0.39, 0.29) is 0 Å². The second-order valence-electron chi connectivity index (χ2n) is 5.98. The summed E-state index contributed by atoms with van der Waals surface area (Å²) in [4.78, 5) is 2.63. The molecule has 3 aromatic carbocycles. The molecule has 27 heavy (non-hydrogen) atoms. The summed E-state index contributed by atoms with van der Waals surface area (Å²) in [7, 11) is 0. The van der Waals surface area contributed by atoms with Crippen LogP contribution in [0.15, 0.2) is 103 Å². The fourth-order valence-corrected chi connectivity index (χ4v) is 2.46. The molecule has 134 valence electrons. The Morgan fingerprint density at radius 2 is 1.48 bits per heavy atom. The second kappa shape index (κ2) is 11.1. The highest BCUT2D eigenvalue weighted by Gasteiger charge is 2.00. The van der Waals surface area contributed by atoms with E-state index in [1.807, 2.05) is 43.3 Å². The van der Waals surface area contributed by atoms with E-state index in [0.717, 1.165) is 12.0 Å². The fourth-order valence-electron chi connectivity index (χ4n) is 2.46. The van der Waals surface area contributed by atoms with E-state index in [4.69, 9.17) is 5.53 Å². The van der Waals surface area contributed by atoms with Gasteiger partial charge in [-0.25, -0.2) is 0 Å². The zero-order valence-corrected chi connectivity index (χ0v) is 15.5. The first-order chi connectivity index (χ1) is 13.2. The van der Waals surface area contributed by atoms with Gasteiger partial charge >= 0.3 is 0 Å². The Kier molecular flexibility index (Phi) is 8.16. The molecule has 0 atom stereocenters. The molecule has 0 spiro atoms. The van der Waals surface area contributed by atoms with Crippen LogP contribution in [0.25, 0.3) is 22.1 Å². The van der Waals surface area contributed by atoms with Crippen molar-refractivity contribution in [1.29, 1.82) is 0 Å². The van der Waals surface area contributed by atoms with Gasteiger partial charge in [0, 0.05) is 10.6 Å². The average Bonchev–Trinajstić information content (AvgIpc) is 3.20. The van der Waals surface area contributed by atoms with Crippen molar-refractivity contribution in [3.63, 3.8) is 0 Å². The van der Waals surface area contributed by atoms with E-state index in [1.54, 1.807) is 12.1 Å². The third-order valence-electron chi connectivity index (χ3n) is 3.87. The van der Waals surface area contributed by atoms with Crippen LogP contribution in [0, 0.1) is 0 Å². The second-order valence-corrected chi connectivity index (χ2v) is 5.98. The smallest absolute Gasteiger partial charge is 0.0375 e. The molecule has 0 fully saturated rings. The molecule has 0 heterocycles. The van der Waals surface area contributed by atoms with Crippen LogP contribution in [0.4, 0.5) is 5.69 Å². The predicted octanol–water partition coefficient (Wildman–Crippen LogP) is 7.60. The van der Waals surface area contributed by atoms with E-state index in [0.29, 0.717) is 5.69 Å². The van der Waals surface area contributed by atoms with Crippen molar-refractivity contribution in [1.82, 2.24) is 0 Å². The predicted molar refractivity (Wildman–Crippen MR) is 116 cm³/mol. The minimum atomic E-state index is 0.653. The number of nitrogens with zero attached hydrogens (tertiary/aromatic N) is 3. The highest BCUT2D eigenvalue weighted by molar-refractivity contribution is 5.60. The first-order valence-electron chi connectivity index (χ1n) is 8.76. The molecule has 0 aromatic heterocycles. The van der Waals surface area contributed by atoms with Crippen LogP contribution >= 0.6 is 0 Å². The SMILES string of the molecule is C1=Cc2ccccc2C1.C=C(C)c1ccccc1.[N-]=[N+]=Nc1ccccc1. The Bertz CT molecular complexity index is 885. The maximum atomic E-state index is 7.98. The zero-order valence-electron chi connectivity index (χ0n) is 15.5. The Hall–Kier alpha value is -3.55. The van der Waals surface area contributed by atoms with Gasteiger partial charge in [0.1, 0.15) is 0 Å². The van der Waals surface area contributed by atoms with E-state index in [1.165, 1.54) is 16.7 Å². The summed E-state index contributed by atoms with van der Waals surface area (Å²) in [6.45, 7) is 5.83. The molecule has 1 aliphatic carbocycles. The van der Waals surface area contributed by atoms with Crippen molar-refractivity contribution < 1.29 is 0 Å². The lowest BCUT2D eigenvalue weighted by molar-refractivity contribution is 1.31. The summed E-state index contributed by atoms with van der Waals surface area (Å²) in [6, 6.07) is 27.7. The monoisotopic (exact) mass is 353 g/mol. The van der Waals surface area contributed by atoms with Gasteiger partial charge in [-0.1, -0.05) is 114 Å². The number of hydrogen-bond acceptors (Lipinski definition) is 1. The molecular weight excluding hydrogens is 330 g/mol. The highest BCUT2D eigenvalue weighted by Crippen LogP contribution is 2.17. The Balaban J connectivity index is 0.000000145. The largest absolute Gasteiger partial charge is 0.0955 e. The molecule has 4 rings (SSSR count). The lowest BCUT2D eigenvalue weighted by atomic mass is 10.1. The molecule has 3 aromatic rings. The fraction of sp³-hybridized carbons (Fsp3) is 0.0833. The quantitative estimate of drug-likeness (QED) is 0.259. The molecule has 0 radical (unpaired) electrons. The van der Waals surface area contributed by atoms with E-state index in [9.17, 15) is 0 Å². The van der Waals surface area contributed by atoms with Crippen molar-refractivity contribution in [2.45, 2.75) is 13.3 Å². The standard InChI is InChI=1S/C9H8.C9H10.C6H5N3/c1-2-5-9-7-3-6-8(9)4-1;1-8(2)9-6-4-3-5-7-9;7-9-8-6-4-2-1-3-5-6/h1-6H,7H2;3-7H,1H2,2H3;1-5H. The van der Waals surface area contributed by atoms with E-state index < -0.39 is 0 Å². The van der Waals surface area contributed by atoms with Gasteiger partial charge in [0.05, 0.1) is 0 Å². The molecular formula is C24H23N3. The van der Waals surface area contributed by atoms with Crippen LogP contribution < -0.4 is 0 Å². The molecule has 0 unspecified atom stereocenters. The summed E-state index contributed by atoms with van der Waals surface area (Å²) in [5, 5.41) is 3.39. The topological polar surface area (TPSA) is 48.8 Å². The molecule has 1 aliphatic rings. The maximum Gasteiger partial charge on any atom is 0.0375 e. The number of fused-ring (bicyclic) bond motifs is 1. The Labute approximate surface area is 160 Å². The number of allylic oxidation sites excluding steroid dienone is 2. The van der Waals surface area contributed by atoms with Gasteiger partial charge < -0.3 is 0 Å². The normalized spacial score (nSPS) is 10.3. The van der Waals surface area contributed by atoms with Gasteiger partial charge in [-0.05, 0) is 35.6 Å². The van der Waals surface area contributed by atoms with Crippen molar-refractivity contribution in [3.05, 3.63) is 125 Å². The molecule has 0 saturated heterocycles. The summed E-state index contributed by atoms with van der Waals surface area (Å²) in [5.41, 5.74) is 13.8. The van der Waals surface area contributed by atoms with Crippen molar-refractivity contribution in [3.8, 4) is 0 Å². The molecule has 3 heteroatoms. The first kappa shape index (κ1) is 19.8. The Morgan fingerprint density at radius 3 is 2.04 bits per heavy atom. The van der Waals surface area contributed by atoms with Crippen LogP contribution in [0.1, 0.15) is 23.6 Å². The maximum absolute atomic E-state index is 7.98. The van der Waals surface area contributed by atoms with Crippen LogP contribution in [0.5, 0.6) is 0 Å². The van der Waals surface area contributed by atoms with Gasteiger partial charge in [-0.2, -0.15) is 0 Å². The van der Waals surface area contributed by atoms with Gasteiger partial charge in [-0.3, -0.25) is 0 Å². The molecule has 0 N–H and O–H groups in total. The zero-order chi connectivity index (χ0) is 19.3.